The number of rotatable bonds is 2. The van der Waals surface area contributed by atoms with Crippen LogP contribution in [0.4, 0.5) is 0 Å². The standard InChI is InChI=1S/C12H7Br2N3O/c13-8-4-5-10(9(14)6-8)18-12-3-1-2-11-16-15-7-17(11)12/h1-7H. The van der Waals surface area contributed by atoms with Gasteiger partial charge in [0.15, 0.2) is 5.65 Å². The molecule has 0 aliphatic rings. The Balaban J connectivity index is 2.03. The molecule has 90 valence electrons. The maximum Gasteiger partial charge on any atom is 0.207 e. The van der Waals surface area contributed by atoms with Crippen LogP contribution in [0.15, 0.2) is 51.7 Å². The van der Waals surface area contributed by atoms with Crippen molar-refractivity contribution in [2.45, 2.75) is 0 Å². The first-order valence-electron chi connectivity index (χ1n) is 5.16. The van der Waals surface area contributed by atoms with Crippen LogP contribution in [0.3, 0.4) is 0 Å². The van der Waals surface area contributed by atoms with E-state index in [-0.39, 0.29) is 0 Å². The molecule has 0 unspecified atom stereocenters. The van der Waals surface area contributed by atoms with Gasteiger partial charge in [0, 0.05) is 4.47 Å². The Morgan fingerprint density at radius 1 is 1.11 bits per heavy atom. The third kappa shape index (κ3) is 2.13. The zero-order valence-electron chi connectivity index (χ0n) is 9.05. The highest BCUT2D eigenvalue weighted by atomic mass is 79.9. The summed E-state index contributed by atoms with van der Waals surface area (Å²) < 4.78 is 9.50. The predicted octanol–water partition coefficient (Wildman–Crippen LogP) is 4.05. The SMILES string of the molecule is Brc1ccc(Oc2cccc3nncn23)c(Br)c1. The van der Waals surface area contributed by atoms with Crippen molar-refractivity contribution in [2.24, 2.45) is 0 Å². The number of hydrogen-bond donors (Lipinski definition) is 0. The van der Waals surface area contributed by atoms with E-state index < -0.39 is 0 Å². The lowest BCUT2D eigenvalue weighted by atomic mass is 10.3. The normalized spacial score (nSPS) is 10.8. The molecule has 0 bridgehead atoms. The van der Waals surface area contributed by atoms with Gasteiger partial charge in [-0.2, -0.15) is 0 Å². The first-order chi connectivity index (χ1) is 8.74. The molecule has 3 rings (SSSR count). The van der Waals surface area contributed by atoms with Crippen molar-refractivity contribution >= 4 is 37.5 Å². The average molecular weight is 369 g/mol. The Hall–Kier alpha value is -1.40. The first kappa shape index (κ1) is 11.7. The van der Waals surface area contributed by atoms with Gasteiger partial charge in [0.25, 0.3) is 0 Å². The summed E-state index contributed by atoms with van der Waals surface area (Å²) >= 11 is 6.87. The quantitative estimate of drug-likeness (QED) is 0.685. The van der Waals surface area contributed by atoms with E-state index in [0.717, 1.165) is 20.3 Å². The summed E-state index contributed by atoms with van der Waals surface area (Å²) in [7, 11) is 0. The highest BCUT2D eigenvalue weighted by Gasteiger charge is 2.07. The Morgan fingerprint density at radius 3 is 2.83 bits per heavy atom. The van der Waals surface area contributed by atoms with Crippen molar-refractivity contribution in [1.29, 1.82) is 0 Å². The number of ether oxygens (including phenoxy) is 1. The molecule has 18 heavy (non-hydrogen) atoms. The first-order valence-corrected chi connectivity index (χ1v) is 6.74. The van der Waals surface area contributed by atoms with E-state index in [9.17, 15) is 0 Å². The van der Waals surface area contributed by atoms with Crippen LogP contribution in [-0.4, -0.2) is 14.6 Å². The fourth-order valence-corrected chi connectivity index (χ4v) is 2.71. The maximum absolute atomic E-state index is 5.85. The lowest BCUT2D eigenvalue weighted by Gasteiger charge is -2.09. The summed E-state index contributed by atoms with van der Waals surface area (Å²) in [6, 6.07) is 11.4. The summed E-state index contributed by atoms with van der Waals surface area (Å²) in [6.45, 7) is 0. The molecule has 2 aromatic heterocycles. The van der Waals surface area contributed by atoms with Crippen molar-refractivity contribution in [2.75, 3.05) is 0 Å². The van der Waals surface area contributed by atoms with Gasteiger partial charge in [-0.15, -0.1) is 10.2 Å². The van der Waals surface area contributed by atoms with Crippen LogP contribution in [0.25, 0.3) is 5.65 Å². The molecule has 0 radical (unpaired) electrons. The zero-order valence-corrected chi connectivity index (χ0v) is 12.2. The minimum absolute atomic E-state index is 0.667. The van der Waals surface area contributed by atoms with Crippen LogP contribution in [0, 0.1) is 0 Å². The molecule has 0 saturated carbocycles. The highest BCUT2D eigenvalue weighted by Crippen LogP contribution is 2.31. The Kier molecular flexibility index (Phi) is 3.05. The molecular formula is C12H7Br2N3O. The minimum atomic E-state index is 0.667. The Morgan fingerprint density at radius 2 is 2.00 bits per heavy atom. The number of hydrogen-bond acceptors (Lipinski definition) is 3. The van der Waals surface area contributed by atoms with Crippen molar-refractivity contribution in [3.63, 3.8) is 0 Å². The Bertz CT molecular complexity index is 711. The lowest BCUT2D eigenvalue weighted by Crippen LogP contribution is -1.93. The molecule has 0 spiro atoms. The number of nitrogens with zero attached hydrogens (tertiary/aromatic N) is 3. The number of pyridine rings is 1. The van der Waals surface area contributed by atoms with Crippen LogP contribution in [0.5, 0.6) is 11.6 Å². The van der Waals surface area contributed by atoms with Crippen LogP contribution in [-0.2, 0) is 0 Å². The molecule has 2 heterocycles. The average Bonchev–Trinajstić information content (AvgIpc) is 2.82. The van der Waals surface area contributed by atoms with Gasteiger partial charge >= 0.3 is 0 Å². The largest absolute Gasteiger partial charge is 0.439 e. The molecule has 1 aromatic carbocycles. The number of benzene rings is 1. The van der Waals surface area contributed by atoms with Gasteiger partial charge in [0.05, 0.1) is 4.47 Å². The number of aromatic nitrogens is 3. The van der Waals surface area contributed by atoms with Crippen LogP contribution < -0.4 is 4.74 Å². The van der Waals surface area contributed by atoms with Crippen LogP contribution >= 0.6 is 31.9 Å². The van der Waals surface area contributed by atoms with E-state index in [1.54, 1.807) is 10.7 Å². The van der Waals surface area contributed by atoms with Gasteiger partial charge in [-0.25, -0.2) is 0 Å². The summed E-state index contributed by atoms with van der Waals surface area (Å²) in [6.07, 6.45) is 1.62. The smallest absolute Gasteiger partial charge is 0.207 e. The molecule has 0 fully saturated rings. The summed E-state index contributed by atoms with van der Waals surface area (Å²) in [4.78, 5) is 0. The van der Waals surface area contributed by atoms with E-state index in [1.807, 2.05) is 36.4 Å². The molecule has 0 aliphatic carbocycles. The second kappa shape index (κ2) is 4.70. The van der Waals surface area contributed by atoms with Gasteiger partial charge in [-0.3, -0.25) is 4.40 Å². The molecule has 6 heteroatoms. The molecular weight excluding hydrogens is 362 g/mol. The van der Waals surface area contributed by atoms with Gasteiger partial charge in [-0.1, -0.05) is 22.0 Å². The third-order valence-corrected chi connectivity index (χ3v) is 3.52. The van der Waals surface area contributed by atoms with Crippen LogP contribution in [0.1, 0.15) is 0 Å². The van der Waals surface area contributed by atoms with Crippen molar-refractivity contribution in [3.05, 3.63) is 51.7 Å². The van der Waals surface area contributed by atoms with E-state index >= 15 is 0 Å². The number of fused-ring (bicyclic) bond motifs is 1. The highest BCUT2D eigenvalue weighted by molar-refractivity contribution is 9.11. The molecule has 0 amide bonds. The number of halogens is 2. The molecule has 0 N–H and O–H groups in total. The van der Waals surface area contributed by atoms with Crippen LogP contribution in [0.2, 0.25) is 0 Å². The van der Waals surface area contributed by atoms with Gasteiger partial charge < -0.3 is 4.74 Å². The maximum atomic E-state index is 5.85. The van der Waals surface area contributed by atoms with E-state index in [4.69, 9.17) is 4.74 Å². The second-order valence-electron chi connectivity index (χ2n) is 3.60. The fourth-order valence-electron chi connectivity index (χ4n) is 1.58. The van der Waals surface area contributed by atoms with E-state index in [1.165, 1.54) is 0 Å². The lowest BCUT2D eigenvalue weighted by molar-refractivity contribution is 0.453. The van der Waals surface area contributed by atoms with Gasteiger partial charge in [-0.05, 0) is 46.3 Å². The minimum Gasteiger partial charge on any atom is -0.439 e. The van der Waals surface area contributed by atoms with Crippen molar-refractivity contribution < 1.29 is 4.74 Å². The predicted molar refractivity (Wildman–Crippen MR) is 74.9 cm³/mol. The van der Waals surface area contributed by atoms with Gasteiger partial charge in [0.1, 0.15) is 12.1 Å². The van der Waals surface area contributed by atoms with Crippen molar-refractivity contribution in [3.8, 4) is 11.6 Å². The molecule has 0 atom stereocenters. The van der Waals surface area contributed by atoms with Gasteiger partial charge in [0.2, 0.25) is 5.88 Å². The molecule has 3 aromatic rings. The summed E-state index contributed by atoms with van der Waals surface area (Å²) in [5.74, 6) is 1.40. The third-order valence-electron chi connectivity index (χ3n) is 2.40. The molecule has 4 nitrogen and oxygen atoms in total. The summed E-state index contributed by atoms with van der Waals surface area (Å²) in [5.41, 5.74) is 0.751. The topological polar surface area (TPSA) is 39.4 Å². The van der Waals surface area contributed by atoms with E-state index in [0.29, 0.717) is 5.88 Å². The monoisotopic (exact) mass is 367 g/mol. The second-order valence-corrected chi connectivity index (χ2v) is 5.37. The van der Waals surface area contributed by atoms with E-state index in [2.05, 4.69) is 42.1 Å². The molecule has 0 aliphatic heterocycles. The Labute approximate surface area is 120 Å². The zero-order chi connectivity index (χ0) is 12.5. The summed E-state index contributed by atoms with van der Waals surface area (Å²) in [5, 5.41) is 7.83. The molecule has 0 saturated heterocycles. The fraction of sp³-hybridized carbons (Fsp3) is 0. The van der Waals surface area contributed by atoms with Crippen molar-refractivity contribution in [1.82, 2.24) is 14.6 Å².